The van der Waals surface area contributed by atoms with Crippen molar-refractivity contribution in [1.29, 1.82) is 5.41 Å². The van der Waals surface area contributed by atoms with E-state index in [0.717, 1.165) is 53.5 Å². The first-order valence-corrected chi connectivity index (χ1v) is 12.5. The van der Waals surface area contributed by atoms with Gasteiger partial charge < -0.3 is 14.4 Å². The number of thioether (sulfide) groups is 1. The van der Waals surface area contributed by atoms with Crippen molar-refractivity contribution >= 4 is 39.9 Å². The molecule has 0 saturated carbocycles. The third kappa shape index (κ3) is 5.09. The zero-order valence-electron chi connectivity index (χ0n) is 19.8. The monoisotopic (exact) mass is 489 g/mol. The molecule has 180 valence electrons. The van der Waals surface area contributed by atoms with E-state index in [4.69, 9.17) is 14.9 Å². The summed E-state index contributed by atoms with van der Waals surface area (Å²) in [5.41, 5.74) is 3.26. The molecule has 0 bridgehead atoms. The zero-order chi connectivity index (χ0) is 24.4. The van der Waals surface area contributed by atoms with Gasteiger partial charge in [-0.15, -0.1) is 5.10 Å². The summed E-state index contributed by atoms with van der Waals surface area (Å²) in [6, 6.07) is 13.5. The highest BCUT2D eigenvalue weighted by Crippen LogP contribution is 2.31. The number of hydrazone groups is 1. The standard InChI is InChI=1S/C26H27N5O3S/c1-17-5-6-18(2)22(15-17)34-14-13-33-20-9-7-19(8-10-20)16-21-23(27)31-25(28-24(21)32)35-26(29-31)30-11-3-4-12-30/h5-10,15-16,27H,3-4,11-14H2,1-2H3/b21-16+,27-23?. The molecule has 1 amide bonds. The number of aliphatic imine (C=N–C) groups is 1. The van der Waals surface area contributed by atoms with E-state index in [9.17, 15) is 4.79 Å². The summed E-state index contributed by atoms with van der Waals surface area (Å²) in [4.78, 5) is 19.0. The second-order valence-corrected chi connectivity index (χ2v) is 9.57. The number of aryl methyl sites for hydroxylation is 2. The zero-order valence-corrected chi connectivity index (χ0v) is 20.6. The van der Waals surface area contributed by atoms with E-state index in [-0.39, 0.29) is 11.4 Å². The molecule has 35 heavy (non-hydrogen) atoms. The van der Waals surface area contributed by atoms with Gasteiger partial charge in [-0.25, -0.2) is 0 Å². The normalized spacial score (nSPS) is 18.6. The first-order chi connectivity index (χ1) is 17.0. The van der Waals surface area contributed by atoms with Crippen LogP contribution in [0.3, 0.4) is 0 Å². The number of likely N-dealkylation sites (tertiary alicyclic amines) is 1. The Bertz CT molecular complexity index is 1250. The fourth-order valence-corrected chi connectivity index (χ4v) is 4.96. The van der Waals surface area contributed by atoms with Gasteiger partial charge in [-0.2, -0.15) is 10.0 Å². The molecule has 0 aromatic heterocycles. The lowest BCUT2D eigenvalue weighted by molar-refractivity contribution is -0.114. The van der Waals surface area contributed by atoms with Crippen molar-refractivity contribution in [1.82, 2.24) is 9.91 Å². The van der Waals surface area contributed by atoms with Crippen LogP contribution in [0.25, 0.3) is 6.08 Å². The molecular weight excluding hydrogens is 462 g/mol. The molecule has 0 atom stereocenters. The Morgan fingerprint density at radius 1 is 1.03 bits per heavy atom. The quantitative estimate of drug-likeness (QED) is 0.477. The molecule has 3 aliphatic heterocycles. The fraction of sp³-hybridized carbons (Fsp3) is 0.308. The van der Waals surface area contributed by atoms with Gasteiger partial charge >= 0.3 is 0 Å². The molecule has 5 rings (SSSR count). The first-order valence-electron chi connectivity index (χ1n) is 11.7. The molecule has 0 spiro atoms. The van der Waals surface area contributed by atoms with Crippen molar-refractivity contribution in [3.05, 3.63) is 64.7 Å². The van der Waals surface area contributed by atoms with Crippen LogP contribution in [0.15, 0.2) is 58.1 Å². The van der Waals surface area contributed by atoms with Crippen LogP contribution in [-0.4, -0.2) is 58.3 Å². The van der Waals surface area contributed by atoms with Gasteiger partial charge in [0.1, 0.15) is 24.7 Å². The van der Waals surface area contributed by atoms with Gasteiger partial charge in [-0.1, -0.05) is 24.3 Å². The summed E-state index contributed by atoms with van der Waals surface area (Å²) in [6.45, 7) is 6.81. The minimum atomic E-state index is -0.421. The van der Waals surface area contributed by atoms with Crippen molar-refractivity contribution in [3.8, 4) is 11.5 Å². The van der Waals surface area contributed by atoms with Crippen LogP contribution in [0.1, 0.15) is 29.5 Å². The Labute approximate surface area is 208 Å². The molecule has 8 nitrogen and oxygen atoms in total. The van der Waals surface area contributed by atoms with Crippen LogP contribution in [0.2, 0.25) is 0 Å². The number of hydrogen-bond acceptors (Lipinski definition) is 7. The summed E-state index contributed by atoms with van der Waals surface area (Å²) in [6.07, 6.45) is 3.94. The van der Waals surface area contributed by atoms with E-state index in [1.165, 1.54) is 16.8 Å². The molecule has 1 saturated heterocycles. The number of fused-ring (bicyclic) bond motifs is 1. The molecule has 2 aromatic rings. The summed E-state index contributed by atoms with van der Waals surface area (Å²) >= 11 is 1.36. The highest BCUT2D eigenvalue weighted by atomic mass is 32.2. The summed E-state index contributed by atoms with van der Waals surface area (Å²) in [7, 11) is 0. The van der Waals surface area contributed by atoms with E-state index in [1.807, 2.05) is 50.2 Å². The number of amidine groups is 3. The molecule has 1 N–H and O–H groups in total. The third-order valence-electron chi connectivity index (χ3n) is 5.96. The second-order valence-electron chi connectivity index (χ2n) is 8.63. The molecule has 2 aromatic carbocycles. The average Bonchev–Trinajstić information content (AvgIpc) is 3.53. The second kappa shape index (κ2) is 9.95. The molecule has 0 unspecified atom stereocenters. The Kier molecular flexibility index (Phi) is 6.59. The number of carbonyl (C=O) groups excluding carboxylic acids is 1. The van der Waals surface area contributed by atoms with Gasteiger partial charge in [-0.3, -0.25) is 10.2 Å². The molecule has 9 heteroatoms. The largest absolute Gasteiger partial charge is 0.490 e. The number of benzene rings is 2. The average molecular weight is 490 g/mol. The van der Waals surface area contributed by atoms with E-state index in [1.54, 1.807) is 6.08 Å². The van der Waals surface area contributed by atoms with E-state index >= 15 is 0 Å². The van der Waals surface area contributed by atoms with Crippen LogP contribution < -0.4 is 9.47 Å². The SMILES string of the molecule is Cc1ccc(C)c(OCCOc2ccc(/C=C3\C(=N)N4N=C(N5CCCC5)SC4=NC3=O)cc2)c1. The number of nitrogens with zero attached hydrogens (tertiary/aromatic N) is 4. The number of ether oxygens (including phenoxy) is 2. The maximum absolute atomic E-state index is 12.6. The summed E-state index contributed by atoms with van der Waals surface area (Å²) in [5, 5.41) is 15.8. The molecule has 0 radical (unpaired) electrons. The smallest absolute Gasteiger partial charge is 0.283 e. The van der Waals surface area contributed by atoms with Gasteiger partial charge in [0.25, 0.3) is 5.91 Å². The number of hydrogen-bond donors (Lipinski definition) is 1. The predicted molar refractivity (Wildman–Crippen MR) is 139 cm³/mol. The van der Waals surface area contributed by atoms with E-state index in [2.05, 4.69) is 21.1 Å². The van der Waals surface area contributed by atoms with Crippen LogP contribution in [-0.2, 0) is 4.79 Å². The maximum atomic E-state index is 12.6. The van der Waals surface area contributed by atoms with E-state index < -0.39 is 5.91 Å². The molecule has 3 heterocycles. The van der Waals surface area contributed by atoms with Crippen molar-refractivity contribution in [3.63, 3.8) is 0 Å². The van der Waals surface area contributed by atoms with Crippen molar-refractivity contribution in [2.75, 3.05) is 26.3 Å². The van der Waals surface area contributed by atoms with Gasteiger partial charge in [0.05, 0.1) is 5.57 Å². The van der Waals surface area contributed by atoms with Crippen LogP contribution in [0.5, 0.6) is 11.5 Å². The summed E-state index contributed by atoms with van der Waals surface area (Å²) in [5.74, 6) is 1.20. The number of amides is 1. The van der Waals surface area contributed by atoms with Gasteiger partial charge in [0.15, 0.2) is 11.0 Å². The molecule has 0 aliphatic carbocycles. The van der Waals surface area contributed by atoms with Crippen LogP contribution in [0, 0.1) is 19.3 Å². The van der Waals surface area contributed by atoms with E-state index in [0.29, 0.717) is 24.1 Å². The Hall–Kier alpha value is -3.59. The Morgan fingerprint density at radius 3 is 2.54 bits per heavy atom. The number of rotatable bonds is 6. The van der Waals surface area contributed by atoms with Crippen molar-refractivity contribution in [2.45, 2.75) is 26.7 Å². The maximum Gasteiger partial charge on any atom is 0.283 e. The van der Waals surface area contributed by atoms with Crippen LogP contribution in [0.4, 0.5) is 0 Å². The lowest BCUT2D eigenvalue weighted by Gasteiger charge is -2.20. The highest BCUT2D eigenvalue weighted by Gasteiger charge is 2.37. The third-order valence-corrected chi connectivity index (χ3v) is 6.93. The molecular formula is C26H27N5O3S. The Balaban J connectivity index is 1.20. The van der Waals surface area contributed by atoms with Gasteiger partial charge in [0, 0.05) is 13.1 Å². The molecule has 3 aliphatic rings. The van der Waals surface area contributed by atoms with Crippen LogP contribution >= 0.6 is 11.8 Å². The topological polar surface area (TPSA) is 90.6 Å². The van der Waals surface area contributed by atoms with Crippen molar-refractivity contribution in [2.24, 2.45) is 10.1 Å². The van der Waals surface area contributed by atoms with Gasteiger partial charge in [0.2, 0.25) is 5.17 Å². The fourth-order valence-electron chi connectivity index (χ4n) is 4.02. The summed E-state index contributed by atoms with van der Waals surface area (Å²) < 4.78 is 11.6. The highest BCUT2D eigenvalue weighted by molar-refractivity contribution is 8.26. The lowest BCUT2D eigenvalue weighted by Crippen LogP contribution is -2.35. The molecule has 1 fully saturated rings. The Morgan fingerprint density at radius 2 is 1.77 bits per heavy atom. The predicted octanol–water partition coefficient (Wildman–Crippen LogP) is 4.43. The number of nitrogens with one attached hydrogen (secondary N) is 1. The minimum Gasteiger partial charge on any atom is -0.490 e. The van der Waals surface area contributed by atoms with Crippen molar-refractivity contribution < 1.29 is 14.3 Å². The number of carbonyl (C=O) groups is 1. The lowest BCUT2D eigenvalue weighted by atomic mass is 10.1. The van der Waals surface area contributed by atoms with Gasteiger partial charge in [-0.05, 0) is 79.4 Å². The minimum absolute atomic E-state index is 0.0469. The first kappa shape index (κ1) is 23.2.